The second kappa shape index (κ2) is 12.1. The summed E-state index contributed by atoms with van der Waals surface area (Å²) in [4.78, 5) is 31.9. The number of nitrogens with one attached hydrogen (secondary N) is 1. The largest absolute Gasteiger partial charge is 0.412 e. The van der Waals surface area contributed by atoms with Gasteiger partial charge in [0.25, 0.3) is 0 Å². The summed E-state index contributed by atoms with van der Waals surface area (Å²) >= 11 is 6.05. The fourth-order valence-corrected chi connectivity index (χ4v) is 4.61. The number of hydrogen-bond donors (Lipinski definition) is 1. The van der Waals surface area contributed by atoms with Crippen molar-refractivity contribution in [1.29, 1.82) is 0 Å². The summed E-state index contributed by atoms with van der Waals surface area (Å²) in [7, 11) is 0. The molecule has 2 aromatic rings. The van der Waals surface area contributed by atoms with Crippen molar-refractivity contribution in [2.45, 2.75) is 59.9 Å². The molecule has 182 valence electrons. The van der Waals surface area contributed by atoms with Crippen molar-refractivity contribution in [2.75, 3.05) is 13.1 Å². The predicted molar refractivity (Wildman–Crippen MR) is 134 cm³/mol. The molecule has 3 N–H and O–H groups in total. The molecule has 1 aromatic heterocycles. The van der Waals surface area contributed by atoms with E-state index < -0.39 is 6.04 Å². The molecule has 1 fully saturated rings. The summed E-state index contributed by atoms with van der Waals surface area (Å²) in [5.41, 5.74) is 2.01. The van der Waals surface area contributed by atoms with E-state index in [1.54, 1.807) is 18.5 Å². The Morgan fingerprint density at radius 2 is 1.88 bits per heavy atom. The molecule has 6 nitrogen and oxygen atoms in total. The third kappa shape index (κ3) is 7.27. The number of aromatic nitrogens is 1. The molecule has 2 atom stereocenters. The Kier molecular flexibility index (Phi) is 10.5. The smallest absolute Gasteiger partial charge is 0.245 e. The van der Waals surface area contributed by atoms with Crippen LogP contribution in [0.3, 0.4) is 0 Å². The molecule has 1 aromatic carbocycles. The minimum Gasteiger partial charge on any atom is -0.412 e. The third-order valence-electron chi connectivity index (χ3n) is 6.15. The highest BCUT2D eigenvalue weighted by atomic mass is 35.5. The summed E-state index contributed by atoms with van der Waals surface area (Å²) in [6.07, 6.45) is 4.45. The van der Waals surface area contributed by atoms with Gasteiger partial charge in [0.05, 0.1) is 6.42 Å². The fraction of sp³-hybridized carbons (Fsp3) is 0.500. The Morgan fingerprint density at radius 3 is 2.42 bits per heavy atom. The number of benzene rings is 1. The second-order valence-electron chi connectivity index (χ2n) is 9.47. The van der Waals surface area contributed by atoms with Gasteiger partial charge in [0.1, 0.15) is 6.04 Å². The predicted octanol–water partition coefficient (Wildman–Crippen LogP) is 4.27. The molecule has 0 saturated carbocycles. The molecule has 0 spiro atoms. The Labute approximate surface area is 203 Å². The van der Waals surface area contributed by atoms with Gasteiger partial charge in [0.2, 0.25) is 11.8 Å². The lowest BCUT2D eigenvalue weighted by atomic mass is 9.70. The van der Waals surface area contributed by atoms with E-state index in [2.05, 4.69) is 36.3 Å². The normalized spacial score (nSPS) is 18.0. The van der Waals surface area contributed by atoms with Gasteiger partial charge >= 0.3 is 0 Å². The number of pyridine rings is 1. The molecule has 0 unspecified atom stereocenters. The molecule has 0 radical (unpaired) electrons. The van der Waals surface area contributed by atoms with E-state index in [0.717, 1.165) is 17.0 Å². The van der Waals surface area contributed by atoms with Gasteiger partial charge in [-0.15, -0.1) is 0 Å². The van der Waals surface area contributed by atoms with E-state index in [-0.39, 0.29) is 42.5 Å². The van der Waals surface area contributed by atoms with Gasteiger partial charge in [-0.3, -0.25) is 14.6 Å². The van der Waals surface area contributed by atoms with E-state index in [9.17, 15) is 9.59 Å². The number of carbonyl (C=O) groups excluding carboxylic acids is 2. The SMILES string of the molecule is C.CC(C)[C@@H](NC(=O)Cc1cccnc1)C(=O)N1CC[C@H](c2ccc(Cl)cc2)C(C)(C)C1.O. The zero-order valence-electron chi connectivity index (χ0n) is 19.3. The van der Waals surface area contributed by atoms with E-state index >= 15 is 0 Å². The molecule has 0 bridgehead atoms. The van der Waals surface area contributed by atoms with Crippen molar-refractivity contribution < 1.29 is 15.1 Å². The monoisotopic (exact) mass is 475 g/mol. The number of piperidine rings is 1. The summed E-state index contributed by atoms with van der Waals surface area (Å²) in [5, 5.41) is 3.70. The van der Waals surface area contributed by atoms with Crippen LogP contribution < -0.4 is 5.32 Å². The molecule has 0 aliphatic carbocycles. The standard InChI is InChI=1S/C25H32ClN3O2.CH4.H2O/c1-17(2)23(28-22(30)14-18-6-5-12-27-15-18)24(31)29-13-11-21(25(3,4)16-29)19-7-9-20(26)10-8-19;;/h5-10,12,15,17,21,23H,11,13-14,16H2,1-4H3,(H,28,30);1H4;1H2/t21-,23-;;/m1../s1. The van der Waals surface area contributed by atoms with Gasteiger partial charge < -0.3 is 15.7 Å². The number of likely N-dealkylation sites (tertiary alicyclic amines) is 1. The molecule has 2 heterocycles. The van der Waals surface area contributed by atoms with E-state index in [1.807, 2.05) is 36.9 Å². The first-order valence-electron chi connectivity index (χ1n) is 10.9. The van der Waals surface area contributed by atoms with Crippen LogP contribution in [0, 0.1) is 11.3 Å². The lowest BCUT2D eigenvalue weighted by molar-refractivity contribution is -0.140. The topological polar surface area (TPSA) is 93.8 Å². The molecular formula is C26H38ClN3O3. The molecule has 1 saturated heterocycles. The number of hydrogen-bond acceptors (Lipinski definition) is 3. The summed E-state index contributed by atoms with van der Waals surface area (Å²) in [6.45, 7) is 9.68. The van der Waals surface area contributed by atoms with Crippen LogP contribution >= 0.6 is 11.6 Å². The number of halogens is 1. The number of nitrogens with zero attached hydrogens (tertiary/aromatic N) is 2. The highest BCUT2D eigenvalue weighted by Gasteiger charge is 2.40. The molecule has 2 amide bonds. The first kappa shape index (κ1) is 28.6. The van der Waals surface area contributed by atoms with Crippen LogP contribution in [-0.4, -0.2) is 46.3 Å². The minimum atomic E-state index is -0.535. The number of rotatable bonds is 6. The van der Waals surface area contributed by atoms with Crippen molar-refractivity contribution in [2.24, 2.45) is 11.3 Å². The lowest BCUT2D eigenvalue weighted by Gasteiger charge is -2.45. The van der Waals surface area contributed by atoms with E-state index in [0.29, 0.717) is 19.0 Å². The molecule has 1 aliphatic rings. The average molecular weight is 476 g/mol. The van der Waals surface area contributed by atoms with Crippen LogP contribution in [0.25, 0.3) is 0 Å². The van der Waals surface area contributed by atoms with Gasteiger partial charge in [-0.25, -0.2) is 0 Å². The minimum absolute atomic E-state index is 0. The third-order valence-corrected chi connectivity index (χ3v) is 6.40. The summed E-state index contributed by atoms with van der Waals surface area (Å²) < 4.78 is 0. The van der Waals surface area contributed by atoms with Gasteiger partial charge in [-0.05, 0) is 53.0 Å². The molecular weight excluding hydrogens is 438 g/mol. The zero-order chi connectivity index (χ0) is 22.6. The highest BCUT2D eigenvalue weighted by Crippen LogP contribution is 2.42. The van der Waals surface area contributed by atoms with Crippen LogP contribution in [-0.2, 0) is 16.0 Å². The molecule has 1 aliphatic heterocycles. The van der Waals surface area contributed by atoms with Gasteiger partial charge in [-0.2, -0.15) is 0 Å². The van der Waals surface area contributed by atoms with Crippen LogP contribution in [0.2, 0.25) is 5.02 Å². The van der Waals surface area contributed by atoms with Crippen molar-refractivity contribution >= 4 is 23.4 Å². The summed E-state index contributed by atoms with van der Waals surface area (Å²) in [6, 6.07) is 11.2. The van der Waals surface area contributed by atoms with Crippen molar-refractivity contribution in [3.05, 3.63) is 64.9 Å². The van der Waals surface area contributed by atoms with E-state index in [4.69, 9.17) is 11.6 Å². The van der Waals surface area contributed by atoms with Crippen LogP contribution in [0.1, 0.15) is 58.6 Å². The fourth-order valence-electron chi connectivity index (χ4n) is 4.48. The Bertz CT molecular complexity index is 901. The first-order chi connectivity index (χ1) is 14.7. The molecule has 7 heteroatoms. The van der Waals surface area contributed by atoms with Crippen LogP contribution in [0.4, 0.5) is 0 Å². The first-order valence-corrected chi connectivity index (χ1v) is 11.3. The van der Waals surface area contributed by atoms with Crippen molar-refractivity contribution in [3.63, 3.8) is 0 Å². The highest BCUT2D eigenvalue weighted by molar-refractivity contribution is 6.30. The maximum Gasteiger partial charge on any atom is 0.245 e. The summed E-state index contributed by atoms with van der Waals surface area (Å²) in [5.74, 6) is 0.196. The van der Waals surface area contributed by atoms with Crippen molar-refractivity contribution in [3.8, 4) is 0 Å². The van der Waals surface area contributed by atoms with Crippen molar-refractivity contribution in [1.82, 2.24) is 15.2 Å². The maximum absolute atomic E-state index is 13.4. The van der Waals surface area contributed by atoms with Crippen LogP contribution in [0.15, 0.2) is 48.8 Å². The Morgan fingerprint density at radius 1 is 1.21 bits per heavy atom. The molecule has 33 heavy (non-hydrogen) atoms. The Balaban J connectivity index is 0.00000272. The zero-order valence-corrected chi connectivity index (χ0v) is 20.0. The van der Waals surface area contributed by atoms with Gasteiger partial charge in [-0.1, -0.05) is 64.9 Å². The maximum atomic E-state index is 13.4. The lowest BCUT2D eigenvalue weighted by Crippen LogP contribution is -2.56. The van der Waals surface area contributed by atoms with Gasteiger partial charge in [0.15, 0.2) is 0 Å². The van der Waals surface area contributed by atoms with E-state index in [1.165, 1.54) is 5.56 Å². The number of amides is 2. The number of carbonyl (C=O) groups is 2. The Hall–Kier alpha value is -2.44. The van der Waals surface area contributed by atoms with Gasteiger partial charge in [0, 0.05) is 30.5 Å². The second-order valence-corrected chi connectivity index (χ2v) is 9.90. The quantitative estimate of drug-likeness (QED) is 0.675. The molecule has 3 rings (SSSR count). The average Bonchev–Trinajstić information content (AvgIpc) is 2.72. The van der Waals surface area contributed by atoms with Crippen LogP contribution in [0.5, 0.6) is 0 Å².